The van der Waals surface area contributed by atoms with E-state index in [1.807, 2.05) is 0 Å². The van der Waals surface area contributed by atoms with Gasteiger partial charge in [0.1, 0.15) is 6.04 Å². The molecule has 0 bridgehead atoms. The second-order valence-electron chi connectivity index (χ2n) is 2.92. The summed E-state index contributed by atoms with van der Waals surface area (Å²) in [5, 5.41) is 10.8. The van der Waals surface area contributed by atoms with E-state index in [0.29, 0.717) is 25.8 Å². The third kappa shape index (κ3) is 6.36. The van der Waals surface area contributed by atoms with Crippen molar-refractivity contribution in [3.8, 4) is 0 Å². The fourth-order valence-corrected chi connectivity index (χ4v) is 0.888. The molecule has 5 nitrogen and oxygen atoms in total. The first kappa shape index (κ1) is 12.8. The second kappa shape index (κ2) is 7.25. The molecular formula is C8H15FN2O3. The minimum Gasteiger partial charge on any atom is -0.480 e. The van der Waals surface area contributed by atoms with Crippen LogP contribution in [0.4, 0.5) is 4.39 Å². The van der Waals surface area contributed by atoms with Gasteiger partial charge in [0.25, 0.3) is 5.91 Å². The molecule has 1 amide bonds. The quantitative estimate of drug-likeness (QED) is 0.496. The smallest absolute Gasteiger partial charge is 0.320 e. The predicted molar refractivity (Wildman–Crippen MR) is 48.4 cm³/mol. The summed E-state index contributed by atoms with van der Waals surface area (Å²) in [5.41, 5.74) is 5.24. The van der Waals surface area contributed by atoms with Gasteiger partial charge in [0.05, 0.1) is 0 Å². The Balaban J connectivity index is 3.30. The van der Waals surface area contributed by atoms with Gasteiger partial charge in [0.2, 0.25) is 0 Å². The Morgan fingerprint density at radius 3 is 2.57 bits per heavy atom. The highest BCUT2D eigenvalue weighted by molar-refractivity contribution is 5.76. The number of hydrogen-bond acceptors (Lipinski definition) is 3. The third-order valence-electron chi connectivity index (χ3n) is 1.70. The molecule has 0 fully saturated rings. The summed E-state index contributed by atoms with van der Waals surface area (Å²) in [6.45, 7) is -0.663. The number of unbranched alkanes of at least 4 members (excludes halogenated alkanes) is 1. The maximum Gasteiger partial charge on any atom is 0.320 e. The molecule has 0 aromatic heterocycles. The lowest BCUT2D eigenvalue weighted by atomic mass is 10.1. The van der Waals surface area contributed by atoms with E-state index in [-0.39, 0.29) is 0 Å². The van der Waals surface area contributed by atoms with Crippen LogP contribution < -0.4 is 11.1 Å². The Labute approximate surface area is 81.5 Å². The maximum absolute atomic E-state index is 11.6. The monoisotopic (exact) mass is 206 g/mol. The summed E-state index contributed by atoms with van der Waals surface area (Å²) in [6.07, 6.45) is 1.56. The minimum atomic E-state index is -1.03. The predicted octanol–water partition coefficient (Wildman–Crippen LogP) is -0.346. The highest BCUT2D eigenvalue weighted by atomic mass is 19.1. The number of halogens is 1. The number of carboxylic acids is 1. The van der Waals surface area contributed by atoms with E-state index in [1.165, 1.54) is 0 Å². The van der Waals surface area contributed by atoms with Crippen LogP contribution in [-0.4, -0.2) is 36.2 Å². The molecule has 1 atom stereocenters. The number of carbonyl (C=O) groups excluding carboxylic acids is 1. The van der Waals surface area contributed by atoms with Crippen molar-refractivity contribution in [2.45, 2.75) is 25.3 Å². The molecule has 0 heterocycles. The summed E-state index contributed by atoms with van der Waals surface area (Å²) >= 11 is 0. The molecule has 0 aromatic carbocycles. The number of alkyl halides is 1. The van der Waals surface area contributed by atoms with E-state index in [1.54, 1.807) is 0 Å². The van der Waals surface area contributed by atoms with Crippen LogP contribution in [0, 0.1) is 0 Å². The highest BCUT2D eigenvalue weighted by Gasteiger charge is 2.09. The number of carboxylic acid groups (broad SMARTS) is 1. The van der Waals surface area contributed by atoms with Crippen LogP contribution in [-0.2, 0) is 9.59 Å². The van der Waals surface area contributed by atoms with Crippen molar-refractivity contribution in [3.05, 3.63) is 0 Å². The molecule has 0 rings (SSSR count). The van der Waals surface area contributed by atoms with Gasteiger partial charge in [-0.1, -0.05) is 0 Å². The molecule has 82 valence electrons. The van der Waals surface area contributed by atoms with Gasteiger partial charge in [-0.25, -0.2) is 4.39 Å². The third-order valence-corrected chi connectivity index (χ3v) is 1.70. The Morgan fingerprint density at radius 2 is 2.07 bits per heavy atom. The van der Waals surface area contributed by atoms with Crippen molar-refractivity contribution < 1.29 is 19.1 Å². The van der Waals surface area contributed by atoms with Crippen LogP contribution in [0.25, 0.3) is 0 Å². The first-order valence-electron chi connectivity index (χ1n) is 4.39. The molecular weight excluding hydrogens is 191 g/mol. The van der Waals surface area contributed by atoms with Crippen LogP contribution in [0.5, 0.6) is 0 Å². The summed E-state index contributed by atoms with van der Waals surface area (Å²) in [6, 6.07) is -0.855. The summed E-state index contributed by atoms with van der Waals surface area (Å²) in [5.74, 6) is -1.68. The number of amides is 1. The fraction of sp³-hybridized carbons (Fsp3) is 0.750. The number of carbonyl (C=O) groups is 2. The summed E-state index contributed by atoms with van der Waals surface area (Å²) in [4.78, 5) is 20.7. The van der Waals surface area contributed by atoms with Crippen LogP contribution in [0.2, 0.25) is 0 Å². The summed E-state index contributed by atoms with van der Waals surface area (Å²) < 4.78 is 11.6. The standard InChI is InChI=1S/C8H15FN2O3/c9-5-7(12)11-4-2-1-3-6(10)8(13)14/h6H,1-5,10H2,(H,11,12)(H,13,14)/t6-/m0/s1. The van der Waals surface area contributed by atoms with E-state index < -0.39 is 24.6 Å². The molecule has 0 aromatic rings. The molecule has 0 aliphatic heterocycles. The molecule has 6 heteroatoms. The average molecular weight is 206 g/mol. The first-order chi connectivity index (χ1) is 6.57. The summed E-state index contributed by atoms with van der Waals surface area (Å²) in [7, 11) is 0. The fourth-order valence-electron chi connectivity index (χ4n) is 0.888. The van der Waals surface area contributed by atoms with Gasteiger partial charge in [0, 0.05) is 6.54 Å². The molecule has 0 aliphatic rings. The van der Waals surface area contributed by atoms with Crippen molar-refractivity contribution in [2.24, 2.45) is 5.73 Å². The van der Waals surface area contributed by atoms with E-state index >= 15 is 0 Å². The molecule has 0 unspecified atom stereocenters. The Hall–Kier alpha value is -1.17. The van der Waals surface area contributed by atoms with E-state index in [0.717, 1.165) is 0 Å². The van der Waals surface area contributed by atoms with E-state index in [4.69, 9.17) is 10.8 Å². The molecule has 0 saturated heterocycles. The van der Waals surface area contributed by atoms with Gasteiger partial charge in [0.15, 0.2) is 6.67 Å². The normalized spacial score (nSPS) is 12.1. The first-order valence-corrected chi connectivity index (χ1v) is 4.39. The van der Waals surface area contributed by atoms with Crippen molar-refractivity contribution in [3.63, 3.8) is 0 Å². The van der Waals surface area contributed by atoms with Gasteiger partial charge >= 0.3 is 5.97 Å². The molecule has 14 heavy (non-hydrogen) atoms. The van der Waals surface area contributed by atoms with Crippen molar-refractivity contribution in [2.75, 3.05) is 13.2 Å². The zero-order valence-corrected chi connectivity index (χ0v) is 7.83. The van der Waals surface area contributed by atoms with E-state index in [2.05, 4.69) is 5.32 Å². The van der Waals surface area contributed by atoms with Gasteiger partial charge in [-0.2, -0.15) is 0 Å². The number of hydrogen-bond donors (Lipinski definition) is 3. The maximum atomic E-state index is 11.6. The van der Waals surface area contributed by atoms with Gasteiger partial charge in [-0.15, -0.1) is 0 Å². The minimum absolute atomic E-state index is 0.356. The van der Waals surface area contributed by atoms with Crippen LogP contribution in [0.15, 0.2) is 0 Å². The Bertz CT molecular complexity index is 199. The SMILES string of the molecule is N[C@@H](CCCCNC(=O)CF)C(=O)O. The zero-order valence-electron chi connectivity index (χ0n) is 7.83. The number of nitrogens with one attached hydrogen (secondary N) is 1. The van der Waals surface area contributed by atoms with Gasteiger partial charge in [-0.3, -0.25) is 9.59 Å². The van der Waals surface area contributed by atoms with Crippen LogP contribution in [0.3, 0.4) is 0 Å². The molecule has 4 N–H and O–H groups in total. The Morgan fingerprint density at radius 1 is 1.43 bits per heavy atom. The Kier molecular flexibility index (Phi) is 6.65. The second-order valence-corrected chi connectivity index (χ2v) is 2.92. The molecule has 0 aliphatic carbocycles. The lowest BCUT2D eigenvalue weighted by molar-refractivity contribution is -0.138. The molecule has 0 spiro atoms. The van der Waals surface area contributed by atoms with Crippen molar-refractivity contribution in [1.29, 1.82) is 0 Å². The van der Waals surface area contributed by atoms with Gasteiger partial charge in [-0.05, 0) is 19.3 Å². The lowest BCUT2D eigenvalue weighted by Crippen LogP contribution is -2.30. The largest absolute Gasteiger partial charge is 0.480 e. The van der Waals surface area contributed by atoms with Crippen LogP contribution >= 0.6 is 0 Å². The van der Waals surface area contributed by atoms with Crippen LogP contribution in [0.1, 0.15) is 19.3 Å². The number of aliphatic carboxylic acids is 1. The molecule has 0 saturated carbocycles. The lowest BCUT2D eigenvalue weighted by Gasteiger charge is -2.05. The number of rotatable bonds is 7. The van der Waals surface area contributed by atoms with Crippen molar-refractivity contribution in [1.82, 2.24) is 5.32 Å². The van der Waals surface area contributed by atoms with E-state index in [9.17, 15) is 14.0 Å². The van der Waals surface area contributed by atoms with Crippen molar-refractivity contribution >= 4 is 11.9 Å². The topological polar surface area (TPSA) is 92.4 Å². The highest BCUT2D eigenvalue weighted by Crippen LogP contribution is 1.98. The van der Waals surface area contributed by atoms with Gasteiger partial charge < -0.3 is 16.2 Å². The number of nitrogens with two attached hydrogens (primary N) is 1. The molecule has 0 radical (unpaired) electrons. The zero-order chi connectivity index (χ0) is 11.0. The average Bonchev–Trinajstić information content (AvgIpc) is 2.16.